The maximum absolute atomic E-state index is 12.4. The van der Waals surface area contributed by atoms with Gasteiger partial charge in [-0.2, -0.15) is 0 Å². The van der Waals surface area contributed by atoms with Crippen molar-refractivity contribution in [1.29, 1.82) is 0 Å². The number of carbonyl (C=O) groups excluding carboxylic acids is 3. The van der Waals surface area contributed by atoms with Crippen molar-refractivity contribution in [3.8, 4) is 0 Å². The summed E-state index contributed by atoms with van der Waals surface area (Å²) in [5.74, 6) is -0.0833. The van der Waals surface area contributed by atoms with Crippen LogP contribution in [0.5, 0.6) is 0 Å². The molecule has 0 bridgehead atoms. The van der Waals surface area contributed by atoms with Crippen LogP contribution in [0.15, 0.2) is 0 Å². The largest absolute Gasteiger partial charge is 0.353 e. The molecular formula is C14H22N4O3. The van der Waals surface area contributed by atoms with E-state index < -0.39 is 11.6 Å². The van der Waals surface area contributed by atoms with Crippen LogP contribution in [0, 0.1) is 5.92 Å². The Labute approximate surface area is 123 Å². The van der Waals surface area contributed by atoms with Gasteiger partial charge in [0.25, 0.3) is 5.91 Å². The van der Waals surface area contributed by atoms with Gasteiger partial charge < -0.3 is 16.4 Å². The molecule has 116 valence electrons. The van der Waals surface area contributed by atoms with Crippen LogP contribution in [0.2, 0.25) is 0 Å². The molecule has 0 radical (unpaired) electrons. The van der Waals surface area contributed by atoms with Gasteiger partial charge in [0, 0.05) is 12.6 Å². The zero-order valence-electron chi connectivity index (χ0n) is 12.1. The molecule has 4 N–H and O–H groups in total. The van der Waals surface area contributed by atoms with Crippen LogP contribution >= 0.6 is 0 Å². The third-order valence-electron chi connectivity index (χ3n) is 4.77. The summed E-state index contributed by atoms with van der Waals surface area (Å²) in [7, 11) is 0. The second kappa shape index (κ2) is 5.29. The summed E-state index contributed by atoms with van der Waals surface area (Å²) >= 11 is 0. The highest BCUT2D eigenvalue weighted by Crippen LogP contribution is 2.35. The fraction of sp³-hybridized carbons (Fsp3) is 0.786. The summed E-state index contributed by atoms with van der Waals surface area (Å²) in [4.78, 5) is 37.2. The van der Waals surface area contributed by atoms with E-state index in [0.29, 0.717) is 25.3 Å². The van der Waals surface area contributed by atoms with E-state index in [1.165, 1.54) is 0 Å². The zero-order chi connectivity index (χ0) is 15.0. The molecule has 1 spiro atoms. The summed E-state index contributed by atoms with van der Waals surface area (Å²) in [6, 6.07) is -0.484. The predicted molar refractivity (Wildman–Crippen MR) is 75.2 cm³/mol. The van der Waals surface area contributed by atoms with Crippen molar-refractivity contribution in [2.75, 3.05) is 13.1 Å². The third kappa shape index (κ3) is 2.74. The average Bonchev–Trinajstić information content (AvgIpc) is 3.17. The molecule has 3 aliphatic rings. The monoisotopic (exact) mass is 294 g/mol. The van der Waals surface area contributed by atoms with Crippen molar-refractivity contribution in [2.24, 2.45) is 11.7 Å². The average molecular weight is 294 g/mol. The molecule has 1 heterocycles. The first kappa shape index (κ1) is 14.3. The minimum absolute atomic E-state index is 0.0294. The molecule has 2 aliphatic carbocycles. The fourth-order valence-corrected chi connectivity index (χ4v) is 3.26. The van der Waals surface area contributed by atoms with Gasteiger partial charge in [-0.3, -0.25) is 14.5 Å². The molecule has 3 rings (SSSR count). The van der Waals surface area contributed by atoms with Crippen molar-refractivity contribution in [3.05, 3.63) is 0 Å². The van der Waals surface area contributed by atoms with Gasteiger partial charge in [-0.25, -0.2) is 4.79 Å². The van der Waals surface area contributed by atoms with Crippen LogP contribution < -0.4 is 16.4 Å². The Bertz CT molecular complexity index is 469. The van der Waals surface area contributed by atoms with E-state index in [9.17, 15) is 14.4 Å². The first-order valence-electron chi connectivity index (χ1n) is 7.68. The molecule has 4 amide bonds. The topological polar surface area (TPSA) is 105 Å². The standard InChI is InChI=1S/C14H22N4O3/c15-10(9-3-4-9)7-16-11(19)8-18-12(20)14(17-13(18)21)5-1-2-6-14/h9-10H,1-8,15H2,(H,16,19)(H,17,21). The van der Waals surface area contributed by atoms with Crippen LogP contribution in [0.3, 0.4) is 0 Å². The Hall–Kier alpha value is -1.63. The predicted octanol–water partition coefficient (Wildman–Crippen LogP) is -0.295. The molecule has 7 heteroatoms. The molecule has 21 heavy (non-hydrogen) atoms. The Morgan fingerprint density at radius 1 is 1.38 bits per heavy atom. The molecule has 2 saturated carbocycles. The smallest absolute Gasteiger partial charge is 0.325 e. The molecule has 0 aromatic rings. The Morgan fingerprint density at radius 3 is 2.67 bits per heavy atom. The van der Waals surface area contributed by atoms with E-state index in [4.69, 9.17) is 5.73 Å². The van der Waals surface area contributed by atoms with Gasteiger partial charge in [-0.05, 0) is 31.6 Å². The summed E-state index contributed by atoms with van der Waals surface area (Å²) in [6.45, 7) is 0.183. The molecule has 1 saturated heterocycles. The Morgan fingerprint density at radius 2 is 2.05 bits per heavy atom. The molecule has 1 unspecified atom stereocenters. The maximum Gasteiger partial charge on any atom is 0.325 e. The third-order valence-corrected chi connectivity index (χ3v) is 4.77. The Kier molecular flexibility index (Phi) is 3.61. The van der Waals surface area contributed by atoms with Crippen molar-refractivity contribution >= 4 is 17.8 Å². The number of rotatable bonds is 5. The van der Waals surface area contributed by atoms with E-state index in [2.05, 4.69) is 10.6 Å². The fourth-order valence-electron chi connectivity index (χ4n) is 3.26. The highest BCUT2D eigenvalue weighted by Gasteiger charge is 2.52. The first-order valence-corrected chi connectivity index (χ1v) is 7.68. The van der Waals surface area contributed by atoms with E-state index in [1.807, 2.05) is 0 Å². The van der Waals surface area contributed by atoms with E-state index in [-0.39, 0.29) is 24.4 Å². The number of carbonyl (C=O) groups is 3. The van der Waals surface area contributed by atoms with Crippen LogP contribution in [0.4, 0.5) is 4.79 Å². The highest BCUT2D eigenvalue weighted by molar-refractivity contribution is 6.09. The van der Waals surface area contributed by atoms with Crippen LogP contribution in [0.25, 0.3) is 0 Å². The molecule has 0 aromatic carbocycles. The van der Waals surface area contributed by atoms with E-state index >= 15 is 0 Å². The van der Waals surface area contributed by atoms with Crippen molar-refractivity contribution in [3.63, 3.8) is 0 Å². The first-order chi connectivity index (χ1) is 10.0. The lowest BCUT2D eigenvalue weighted by Gasteiger charge is -2.20. The quantitative estimate of drug-likeness (QED) is 0.606. The number of nitrogens with two attached hydrogens (primary N) is 1. The van der Waals surface area contributed by atoms with Gasteiger partial charge in [0.15, 0.2) is 0 Å². The lowest BCUT2D eigenvalue weighted by atomic mass is 9.98. The van der Waals surface area contributed by atoms with Crippen LogP contribution in [-0.2, 0) is 9.59 Å². The summed E-state index contributed by atoms with van der Waals surface area (Å²) in [5.41, 5.74) is 5.16. The number of amides is 4. The number of imide groups is 1. The van der Waals surface area contributed by atoms with Gasteiger partial charge in [-0.15, -0.1) is 0 Å². The van der Waals surface area contributed by atoms with Crippen LogP contribution in [0.1, 0.15) is 38.5 Å². The van der Waals surface area contributed by atoms with E-state index in [1.54, 1.807) is 0 Å². The second-order valence-corrected chi connectivity index (χ2v) is 6.42. The molecule has 1 atom stereocenters. The summed E-state index contributed by atoms with van der Waals surface area (Å²) in [6.07, 6.45) is 5.44. The minimum atomic E-state index is -0.748. The SMILES string of the molecule is NC(CNC(=O)CN1C(=O)NC2(CCCC2)C1=O)C1CC1. The van der Waals surface area contributed by atoms with Gasteiger partial charge >= 0.3 is 6.03 Å². The Balaban J connectivity index is 1.53. The number of hydrogen-bond acceptors (Lipinski definition) is 4. The number of hydrogen-bond donors (Lipinski definition) is 3. The van der Waals surface area contributed by atoms with E-state index in [0.717, 1.165) is 30.6 Å². The highest BCUT2D eigenvalue weighted by atomic mass is 16.2. The minimum Gasteiger partial charge on any atom is -0.353 e. The number of nitrogens with one attached hydrogen (secondary N) is 2. The van der Waals surface area contributed by atoms with Gasteiger partial charge in [0.2, 0.25) is 5.91 Å². The molecular weight excluding hydrogens is 272 g/mol. The van der Waals surface area contributed by atoms with Gasteiger partial charge in [0.05, 0.1) is 0 Å². The molecule has 7 nitrogen and oxygen atoms in total. The molecule has 0 aromatic heterocycles. The van der Waals surface area contributed by atoms with Gasteiger partial charge in [0.1, 0.15) is 12.1 Å². The zero-order valence-corrected chi connectivity index (χ0v) is 12.1. The van der Waals surface area contributed by atoms with Crippen molar-refractivity contribution in [1.82, 2.24) is 15.5 Å². The normalized spacial score (nSPS) is 25.3. The summed E-state index contributed by atoms with van der Waals surface area (Å²) in [5, 5.41) is 5.47. The second-order valence-electron chi connectivity index (χ2n) is 6.42. The maximum atomic E-state index is 12.4. The number of nitrogens with zero attached hydrogens (tertiary/aromatic N) is 1. The van der Waals surface area contributed by atoms with Crippen LogP contribution in [-0.4, -0.2) is 47.4 Å². The van der Waals surface area contributed by atoms with Crippen molar-refractivity contribution in [2.45, 2.75) is 50.1 Å². The summed E-state index contributed by atoms with van der Waals surface area (Å²) < 4.78 is 0. The lowest BCUT2D eigenvalue weighted by Crippen LogP contribution is -2.46. The van der Waals surface area contributed by atoms with Gasteiger partial charge in [-0.1, -0.05) is 12.8 Å². The molecule has 3 fully saturated rings. The van der Waals surface area contributed by atoms with Crippen molar-refractivity contribution < 1.29 is 14.4 Å². The number of urea groups is 1. The lowest BCUT2D eigenvalue weighted by molar-refractivity contribution is -0.134. The molecule has 1 aliphatic heterocycles.